The van der Waals surface area contributed by atoms with Gasteiger partial charge in [-0.3, -0.25) is 0 Å². The number of rotatable bonds is 1. The first-order chi connectivity index (χ1) is 3.66. The minimum absolute atomic E-state index is 0.0828. The van der Waals surface area contributed by atoms with Gasteiger partial charge in [-0.15, -0.1) is 11.6 Å². The Morgan fingerprint density at radius 3 is 2.50 bits per heavy atom. The molecular formula is C7H12Cl. The fourth-order valence-corrected chi connectivity index (χ4v) is 1.73. The molecule has 0 heterocycles. The van der Waals surface area contributed by atoms with Crippen LogP contribution in [0.5, 0.6) is 0 Å². The normalized spacial score (nSPS) is 46.1. The maximum absolute atomic E-state index is 6.03. The van der Waals surface area contributed by atoms with Crippen molar-refractivity contribution >= 4 is 11.6 Å². The van der Waals surface area contributed by atoms with Crippen molar-refractivity contribution in [1.29, 1.82) is 0 Å². The average molecular weight is 132 g/mol. The van der Waals surface area contributed by atoms with Gasteiger partial charge in [0.15, 0.2) is 0 Å². The third-order valence-corrected chi connectivity index (χ3v) is 2.38. The van der Waals surface area contributed by atoms with Crippen molar-refractivity contribution in [2.45, 2.75) is 31.6 Å². The van der Waals surface area contributed by atoms with Crippen LogP contribution in [0.25, 0.3) is 0 Å². The molecule has 0 saturated heterocycles. The summed E-state index contributed by atoms with van der Waals surface area (Å²) < 4.78 is 0. The van der Waals surface area contributed by atoms with Crippen LogP contribution in [0, 0.1) is 12.3 Å². The molecule has 0 aliphatic heterocycles. The number of hydrogen-bond acceptors (Lipinski definition) is 0. The van der Waals surface area contributed by atoms with E-state index in [1.165, 1.54) is 6.42 Å². The summed E-state index contributed by atoms with van der Waals surface area (Å²) in [4.78, 5) is 0.0828. The van der Waals surface area contributed by atoms with E-state index >= 15 is 0 Å². The van der Waals surface area contributed by atoms with E-state index in [-0.39, 0.29) is 4.87 Å². The maximum atomic E-state index is 6.03. The largest absolute Gasteiger partial charge is 0.119 e. The first kappa shape index (κ1) is 6.41. The second kappa shape index (κ2) is 1.91. The molecular weight excluding hydrogens is 120 g/mol. The molecule has 0 aromatic heterocycles. The monoisotopic (exact) mass is 131 g/mol. The van der Waals surface area contributed by atoms with E-state index in [2.05, 4.69) is 20.3 Å². The van der Waals surface area contributed by atoms with E-state index in [1.54, 1.807) is 0 Å². The first-order valence-electron chi connectivity index (χ1n) is 3.21. The van der Waals surface area contributed by atoms with E-state index < -0.39 is 0 Å². The first-order valence-corrected chi connectivity index (χ1v) is 3.59. The van der Waals surface area contributed by atoms with Gasteiger partial charge in [0.2, 0.25) is 0 Å². The lowest BCUT2D eigenvalue weighted by molar-refractivity contribution is 0.348. The molecule has 0 N–H and O–H groups in total. The zero-order valence-electron chi connectivity index (χ0n) is 5.45. The summed E-state index contributed by atoms with van der Waals surface area (Å²) in [6.45, 7) is 4.34. The quantitative estimate of drug-likeness (QED) is 0.480. The Morgan fingerprint density at radius 1 is 1.88 bits per heavy atom. The molecule has 47 valence electrons. The van der Waals surface area contributed by atoms with Crippen LogP contribution in [-0.4, -0.2) is 4.87 Å². The van der Waals surface area contributed by atoms with Crippen molar-refractivity contribution < 1.29 is 0 Å². The lowest BCUT2D eigenvalue weighted by Crippen LogP contribution is -2.37. The molecule has 1 heteroatoms. The summed E-state index contributed by atoms with van der Waals surface area (Å²) in [5, 5.41) is 0. The van der Waals surface area contributed by atoms with Gasteiger partial charge in [-0.1, -0.05) is 13.8 Å². The van der Waals surface area contributed by atoms with Crippen molar-refractivity contribution in [1.82, 2.24) is 0 Å². The zero-order chi connectivity index (χ0) is 6.20. The Morgan fingerprint density at radius 2 is 2.38 bits per heavy atom. The van der Waals surface area contributed by atoms with E-state index in [0.29, 0.717) is 0 Å². The molecule has 2 atom stereocenters. The molecule has 0 aromatic carbocycles. The lowest BCUT2D eigenvalue weighted by atomic mass is 9.74. The molecule has 0 aromatic rings. The standard InChI is InChI=1S/C7H12Cl/c1-3-7(8)4-6(2)5-7/h4,6H,3,5H2,1-2H3. The van der Waals surface area contributed by atoms with Crippen molar-refractivity contribution in [2.75, 3.05) is 0 Å². The summed E-state index contributed by atoms with van der Waals surface area (Å²) >= 11 is 6.03. The van der Waals surface area contributed by atoms with Gasteiger partial charge in [0.1, 0.15) is 0 Å². The highest BCUT2D eigenvalue weighted by Gasteiger charge is 2.38. The van der Waals surface area contributed by atoms with E-state index in [1.807, 2.05) is 0 Å². The van der Waals surface area contributed by atoms with E-state index in [4.69, 9.17) is 11.6 Å². The Bertz CT molecular complexity index is 82.4. The third-order valence-electron chi connectivity index (χ3n) is 1.83. The molecule has 1 aliphatic rings. The van der Waals surface area contributed by atoms with Gasteiger partial charge in [0, 0.05) is 4.87 Å². The van der Waals surface area contributed by atoms with Crippen LogP contribution in [0.15, 0.2) is 0 Å². The highest BCUT2D eigenvalue weighted by Crippen LogP contribution is 2.43. The number of hydrogen-bond donors (Lipinski definition) is 0. The topological polar surface area (TPSA) is 0 Å². The van der Waals surface area contributed by atoms with E-state index in [9.17, 15) is 0 Å². The van der Waals surface area contributed by atoms with Crippen LogP contribution >= 0.6 is 11.6 Å². The molecule has 0 bridgehead atoms. The molecule has 1 radical (unpaired) electrons. The van der Waals surface area contributed by atoms with Crippen molar-refractivity contribution in [3.05, 3.63) is 6.42 Å². The van der Waals surface area contributed by atoms with Gasteiger partial charge in [-0.25, -0.2) is 0 Å². The fraction of sp³-hybridized carbons (Fsp3) is 0.857. The summed E-state index contributed by atoms with van der Waals surface area (Å²) in [5.41, 5.74) is 0. The SMILES string of the molecule is CCC1(Cl)[CH]C(C)C1. The van der Waals surface area contributed by atoms with Crippen LogP contribution in [0.3, 0.4) is 0 Å². The molecule has 1 saturated carbocycles. The number of alkyl halides is 1. The van der Waals surface area contributed by atoms with Crippen LogP contribution in [-0.2, 0) is 0 Å². The summed E-state index contributed by atoms with van der Waals surface area (Å²) in [6, 6.07) is 0. The van der Waals surface area contributed by atoms with Crippen LogP contribution in [0.1, 0.15) is 26.7 Å². The second-order valence-corrected chi connectivity index (χ2v) is 3.49. The molecule has 1 rings (SSSR count). The molecule has 0 nitrogen and oxygen atoms in total. The van der Waals surface area contributed by atoms with Crippen LogP contribution < -0.4 is 0 Å². The molecule has 0 spiro atoms. The molecule has 1 fully saturated rings. The van der Waals surface area contributed by atoms with E-state index in [0.717, 1.165) is 12.3 Å². The van der Waals surface area contributed by atoms with Gasteiger partial charge in [-0.2, -0.15) is 0 Å². The predicted molar refractivity (Wildman–Crippen MR) is 37.0 cm³/mol. The predicted octanol–water partition coefficient (Wildman–Crippen LogP) is 2.62. The third kappa shape index (κ3) is 0.997. The summed E-state index contributed by atoms with van der Waals surface area (Å²) in [7, 11) is 0. The van der Waals surface area contributed by atoms with Crippen molar-refractivity contribution in [3.8, 4) is 0 Å². The van der Waals surface area contributed by atoms with Crippen molar-refractivity contribution in [2.24, 2.45) is 5.92 Å². The summed E-state index contributed by atoms with van der Waals surface area (Å²) in [6.07, 6.45) is 4.48. The lowest BCUT2D eigenvalue weighted by Gasteiger charge is -2.40. The van der Waals surface area contributed by atoms with Gasteiger partial charge in [0.05, 0.1) is 0 Å². The van der Waals surface area contributed by atoms with Crippen LogP contribution in [0.4, 0.5) is 0 Å². The average Bonchev–Trinajstić information content (AvgIpc) is 1.63. The van der Waals surface area contributed by atoms with Gasteiger partial charge in [-0.05, 0) is 25.2 Å². The smallest absolute Gasteiger partial charge is 0.0480 e. The van der Waals surface area contributed by atoms with Crippen molar-refractivity contribution in [3.63, 3.8) is 0 Å². The highest BCUT2D eigenvalue weighted by atomic mass is 35.5. The minimum atomic E-state index is 0.0828. The molecule has 2 unspecified atom stereocenters. The molecule has 0 amide bonds. The summed E-state index contributed by atoms with van der Waals surface area (Å²) in [5.74, 6) is 0.757. The zero-order valence-corrected chi connectivity index (χ0v) is 6.20. The van der Waals surface area contributed by atoms with Gasteiger partial charge in [0.25, 0.3) is 0 Å². The second-order valence-electron chi connectivity index (χ2n) is 2.74. The van der Waals surface area contributed by atoms with Crippen LogP contribution in [0.2, 0.25) is 0 Å². The molecule has 1 aliphatic carbocycles. The molecule has 8 heavy (non-hydrogen) atoms. The Kier molecular flexibility index (Phi) is 1.53. The minimum Gasteiger partial charge on any atom is -0.119 e. The Balaban J connectivity index is 2.30. The Hall–Kier alpha value is 0.290. The maximum Gasteiger partial charge on any atom is 0.0480 e. The Labute approximate surface area is 56.2 Å². The van der Waals surface area contributed by atoms with Gasteiger partial charge < -0.3 is 0 Å². The fourth-order valence-electron chi connectivity index (χ4n) is 1.27. The van der Waals surface area contributed by atoms with Gasteiger partial charge >= 0.3 is 0 Å². The number of halogens is 1. The highest BCUT2D eigenvalue weighted by molar-refractivity contribution is 6.25.